The van der Waals surface area contributed by atoms with Gasteiger partial charge in [-0.15, -0.1) is 0 Å². The molecule has 1 aliphatic rings. The molecule has 1 saturated carbocycles. The molecule has 0 aliphatic heterocycles. The number of hydrogen-bond acceptors (Lipinski definition) is 8. The zero-order valence-corrected chi connectivity index (χ0v) is 26.1. The van der Waals surface area contributed by atoms with Crippen LogP contribution in [0.3, 0.4) is 0 Å². The van der Waals surface area contributed by atoms with Crippen molar-refractivity contribution in [1.82, 2.24) is 20.3 Å². The molecule has 42 heavy (non-hydrogen) atoms. The molecule has 2 heterocycles. The molecular weight excluding hydrogens is 576 g/mol. The highest BCUT2D eigenvalue weighted by Gasteiger charge is 2.25. The third kappa shape index (κ3) is 9.03. The van der Waals surface area contributed by atoms with Crippen LogP contribution in [-0.4, -0.2) is 47.1 Å². The SMILES string of the molecule is CCc1cc(NS(=O)(=O)c2ccccc2Cl)cnc1CCc1cnc(NC2CCC(NC(=O)OC(C)(C)C)CC2)nc1. The van der Waals surface area contributed by atoms with Gasteiger partial charge in [0.1, 0.15) is 10.5 Å². The Morgan fingerprint density at radius 2 is 1.67 bits per heavy atom. The van der Waals surface area contributed by atoms with Crippen LogP contribution in [0.1, 0.15) is 70.2 Å². The Labute approximate surface area is 253 Å². The predicted octanol–water partition coefficient (Wildman–Crippen LogP) is 5.92. The number of sulfonamides is 1. The average Bonchev–Trinajstić information content (AvgIpc) is 2.93. The number of anilines is 2. The summed E-state index contributed by atoms with van der Waals surface area (Å²) < 4.78 is 33.5. The standard InChI is InChI=1S/C30H39ClN6O4S/c1-5-21-16-24(37-42(39,40)27-9-7-6-8-25(27)31)19-32-26(21)15-10-20-17-33-28(34-18-20)35-22-11-13-23(14-12-22)36-29(38)41-30(2,3)4/h6-9,16-19,22-23,37H,5,10-15H2,1-4H3,(H,36,38)(H,33,34,35). The first-order valence-corrected chi connectivity index (χ1v) is 16.1. The number of nitrogens with one attached hydrogen (secondary N) is 3. The van der Waals surface area contributed by atoms with E-state index in [0.29, 0.717) is 30.9 Å². The number of pyridine rings is 1. The molecule has 1 aromatic carbocycles. The summed E-state index contributed by atoms with van der Waals surface area (Å²) in [6.07, 6.45) is 10.4. The number of carbonyl (C=O) groups is 1. The van der Waals surface area contributed by atoms with Crippen molar-refractivity contribution in [1.29, 1.82) is 0 Å². The van der Waals surface area contributed by atoms with Gasteiger partial charge in [-0.05, 0) is 95.0 Å². The van der Waals surface area contributed by atoms with Gasteiger partial charge in [0.2, 0.25) is 5.95 Å². The topological polar surface area (TPSA) is 135 Å². The number of aryl methyl sites for hydroxylation is 3. The van der Waals surface area contributed by atoms with Gasteiger partial charge < -0.3 is 15.4 Å². The molecular formula is C30H39ClN6O4S. The lowest BCUT2D eigenvalue weighted by molar-refractivity contribution is 0.0492. The van der Waals surface area contributed by atoms with E-state index in [1.54, 1.807) is 18.2 Å². The van der Waals surface area contributed by atoms with E-state index in [4.69, 9.17) is 16.3 Å². The van der Waals surface area contributed by atoms with E-state index in [2.05, 4.69) is 30.3 Å². The Morgan fingerprint density at radius 1 is 1.00 bits per heavy atom. The van der Waals surface area contributed by atoms with E-state index in [1.165, 1.54) is 12.3 Å². The number of carbonyl (C=O) groups excluding carboxylic acids is 1. The molecule has 0 spiro atoms. The minimum Gasteiger partial charge on any atom is -0.444 e. The van der Waals surface area contributed by atoms with Crippen molar-refractivity contribution in [3.8, 4) is 0 Å². The van der Waals surface area contributed by atoms with Crippen molar-refractivity contribution >= 4 is 39.4 Å². The predicted molar refractivity (Wildman–Crippen MR) is 164 cm³/mol. The molecule has 3 aromatic rings. The number of alkyl carbamates (subject to hydrolysis) is 1. The van der Waals surface area contributed by atoms with Gasteiger partial charge in [0, 0.05) is 30.2 Å². The van der Waals surface area contributed by atoms with Crippen molar-refractivity contribution in [3.05, 3.63) is 70.8 Å². The first kappa shape index (κ1) is 31.5. The summed E-state index contributed by atoms with van der Waals surface area (Å²) >= 11 is 6.09. The van der Waals surface area contributed by atoms with Gasteiger partial charge in [0.15, 0.2) is 0 Å². The average molecular weight is 615 g/mol. The molecule has 3 N–H and O–H groups in total. The maximum Gasteiger partial charge on any atom is 0.407 e. The Morgan fingerprint density at radius 3 is 2.31 bits per heavy atom. The summed E-state index contributed by atoms with van der Waals surface area (Å²) in [6, 6.07) is 8.50. The summed E-state index contributed by atoms with van der Waals surface area (Å²) in [6.45, 7) is 7.58. The van der Waals surface area contributed by atoms with Crippen LogP contribution in [-0.2, 0) is 34.0 Å². The first-order valence-electron chi connectivity index (χ1n) is 14.2. The molecule has 1 fully saturated rings. The molecule has 0 radical (unpaired) electrons. The van der Waals surface area contributed by atoms with Crippen molar-refractivity contribution in [2.45, 2.75) is 95.2 Å². The van der Waals surface area contributed by atoms with Crippen LogP contribution in [0.25, 0.3) is 0 Å². The number of hydrogen-bond donors (Lipinski definition) is 3. The van der Waals surface area contributed by atoms with E-state index in [0.717, 1.165) is 42.5 Å². The minimum atomic E-state index is -3.83. The third-order valence-corrected chi connectivity index (χ3v) is 8.84. The minimum absolute atomic E-state index is 0.0228. The monoisotopic (exact) mass is 614 g/mol. The summed E-state index contributed by atoms with van der Waals surface area (Å²) in [4.78, 5) is 25.6. The zero-order chi connectivity index (χ0) is 30.3. The molecule has 4 rings (SSSR count). The van der Waals surface area contributed by atoms with Crippen molar-refractivity contribution in [2.24, 2.45) is 0 Å². The number of amides is 1. The molecule has 0 saturated heterocycles. The van der Waals surface area contributed by atoms with Crippen LogP contribution >= 0.6 is 11.6 Å². The second-order valence-electron chi connectivity index (χ2n) is 11.5. The van der Waals surface area contributed by atoms with E-state index in [1.807, 2.05) is 46.2 Å². The van der Waals surface area contributed by atoms with Crippen molar-refractivity contribution in [2.75, 3.05) is 10.0 Å². The van der Waals surface area contributed by atoms with Crippen molar-refractivity contribution in [3.63, 3.8) is 0 Å². The van der Waals surface area contributed by atoms with Gasteiger partial charge in [0.25, 0.3) is 10.0 Å². The number of benzene rings is 1. The normalized spacial score (nSPS) is 17.4. The van der Waals surface area contributed by atoms with E-state index < -0.39 is 15.6 Å². The number of aromatic nitrogens is 3. The number of ether oxygens (including phenoxy) is 1. The first-order chi connectivity index (χ1) is 19.9. The second kappa shape index (κ2) is 13.7. The lowest BCUT2D eigenvalue weighted by atomic mass is 9.91. The highest BCUT2D eigenvalue weighted by molar-refractivity contribution is 7.92. The molecule has 0 atom stereocenters. The van der Waals surface area contributed by atoms with Gasteiger partial charge in [-0.25, -0.2) is 23.2 Å². The fourth-order valence-corrected chi connectivity index (χ4v) is 6.41. The number of halogens is 1. The molecule has 12 heteroatoms. The lowest BCUT2D eigenvalue weighted by Crippen LogP contribution is -2.42. The van der Waals surface area contributed by atoms with Gasteiger partial charge >= 0.3 is 6.09 Å². The van der Waals surface area contributed by atoms with Gasteiger partial charge in [-0.2, -0.15) is 0 Å². The van der Waals surface area contributed by atoms with Crippen LogP contribution < -0.4 is 15.4 Å². The number of rotatable bonds is 10. The van der Waals surface area contributed by atoms with Gasteiger partial charge in [0.05, 0.1) is 16.9 Å². The molecule has 1 aliphatic carbocycles. The van der Waals surface area contributed by atoms with Crippen LogP contribution in [0.2, 0.25) is 5.02 Å². The van der Waals surface area contributed by atoms with Crippen molar-refractivity contribution < 1.29 is 17.9 Å². The Hall–Kier alpha value is -3.44. The summed E-state index contributed by atoms with van der Waals surface area (Å²) in [5.74, 6) is 0.588. The second-order valence-corrected chi connectivity index (χ2v) is 13.5. The molecule has 1 amide bonds. The molecule has 10 nitrogen and oxygen atoms in total. The molecule has 226 valence electrons. The molecule has 0 unspecified atom stereocenters. The lowest BCUT2D eigenvalue weighted by Gasteiger charge is -2.30. The Kier molecular flexibility index (Phi) is 10.3. The fourth-order valence-electron chi connectivity index (χ4n) is 4.86. The summed E-state index contributed by atoms with van der Waals surface area (Å²) in [5.41, 5.74) is 2.73. The third-order valence-electron chi connectivity index (χ3n) is 6.96. The van der Waals surface area contributed by atoms with Crippen LogP contribution in [0.4, 0.5) is 16.4 Å². The summed E-state index contributed by atoms with van der Waals surface area (Å²) in [7, 11) is -3.83. The highest BCUT2D eigenvalue weighted by atomic mass is 35.5. The van der Waals surface area contributed by atoms with Crippen LogP contribution in [0, 0.1) is 0 Å². The zero-order valence-electron chi connectivity index (χ0n) is 24.5. The number of nitrogens with zero attached hydrogens (tertiary/aromatic N) is 3. The Balaban J connectivity index is 1.27. The fraction of sp³-hybridized carbons (Fsp3) is 0.467. The van der Waals surface area contributed by atoms with Gasteiger partial charge in [-0.1, -0.05) is 30.7 Å². The summed E-state index contributed by atoms with van der Waals surface area (Å²) in [5, 5.41) is 6.53. The quantitative estimate of drug-likeness (QED) is 0.256. The molecule has 2 aromatic heterocycles. The van der Waals surface area contributed by atoms with E-state index in [9.17, 15) is 13.2 Å². The van der Waals surface area contributed by atoms with E-state index in [-0.39, 0.29) is 28.1 Å². The highest BCUT2D eigenvalue weighted by Crippen LogP contribution is 2.25. The van der Waals surface area contributed by atoms with Crippen LogP contribution in [0.5, 0.6) is 0 Å². The maximum atomic E-state index is 12.8. The molecule has 0 bridgehead atoms. The van der Waals surface area contributed by atoms with Gasteiger partial charge in [-0.3, -0.25) is 9.71 Å². The van der Waals surface area contributed by atoms with Crippen LogP contribution in [0.15, 0.2) is 53.8 Å². The van der Waals surface area contributed by atoms with E-state index >= 15 is 0 Å². The maximum absolute atomic E-state index is 12.8. The Bertz CT molecular complexity index is 1470. The smallest absolute Gasteiger partial charge is 0.407 e. The largest absolute Gasteiger partial charge is 0.444 e.